The highest BCUT2D eigenvalue weighted by molar-refractivity contribution is 6.69. The van der Waals surface area contributed by atoms with Crippen LogP contribution in [0.5, 0.6) is 0 Å². The van der Waals surface area contributed by atoms with E-state index in [0.29, 0.717) is 23.2 Å². The molecule has 3 heterocycles. The molecule has 1 fully saturated rings. The van der Waals surface area contributed by atoms with Crippen LogP contribution in [0.4, 0.5) is 0 Å². The van der Waals surface area contributed by atoms with E-state index in [4.69, 9.17) is 24.3 Å². The maximum absolute atomic E-state index is 9.36. The standard InChI is InChI=1S/C47H36BN5O2/c1-46(2)47(3,4)55-48(54-46)42-38-21-10-8-19-36(38)41(37-20-9-11-22-39(37)42)33-16-12-17-34(28-33)45-52-43(31-14-6-5-7-15-31)51-44(53-45)32-26-24-30(25-27-32)40-23-13-18-35(29-49)50-40/h5-28H,1-4H3. The number of nitrogens with zero attached hydrogens (tertiary/aromatic N) is 5. The molecule has 0 radical (unpaired) electrons. The molecule has 0 spiro atoms. The number of benzene rings is 6. The molecule has 55 heavy (non-hydrogen) atoms. The molecule has 7 nitrogen and oxygen atoms in total. The molecule has 0 N–H and O–H groups in total. The Labute approximate surface area is 320 Å². The van der Waals surface area contributed by atoms with E-state index in [-0.39, 0.29) is 0 Å². The van der Waals surface area contributed by atoms with Gasteiger partial charge in [-0.2, -0.15) is 5.26 Å². The molecule has 9 rings (SSSR count). The summed E-state index contributed by atoms with van der Waals surface area (Å²) >= 11 is 0. The van der Waals surface area contributed by atoms with Crippen molar-refractivity contribution in [2.75, 3.05) is 0 Å². The SMILES string of the molecule is CC1(C)OB(c2c3ccccc3c(-c3cccc(-c4nc(-c5ccccc5)nc(-c5ccc(-c6cccc(C#N)n6)cc5)n4)c3)c3ccccc23)OC1(C)C. The predicted molar refractivity (Wildman–Crippen MR) is 220 cm³/mol. The average Bonchev–Trinajstić information content (AvgIpc) is 3.45. The van der Waals surface area contributed by atoms with Gasteiger partial charge in [-0.3, -0.25) is 0 Å². The number of pyridine rings is 1. The van der Waals surface area contributed by atoms with Crippen molar-refractivity contribution in [3.63, 3.8) is 0 Å². The molecule has 8 heteroatoms. The van der Waals surface area contributed by atoms with Crippen LogP contribution in [-0.2, 0) is 9.31 Å². The first-order valence-electron chi connectivity index (χ1n) is 18.4. The molecule has 0 bridgehead atoms. The zero-order valence-corrected chi connectivity index (χ0v) is 31.0. The van der Waals surface area contributed by atoms with Gasteiger partial charge in [0, 0.05) is 22.3 Å². The third kappa shape index (κ3) is 6.14. The Kier molecular flexibility index (Phi) is 8.35. The minimum Gasteiger partial charge on any atom is -0.399 e. The Morgan fingerprint density at radius 1 is 0.473 bits per heavy atom. The minimum atomic E-state index is -0.520. The Morgan fingerprint density at radius 3 is 1.55 bits per heavy atom. The van der Waals surface area contributed by atoms with E-state index in [1.165, 1.54) is 0 Å². The number of rotatable bonds is 6. The topological polar surface area (TPSA) is 93.8 Å². The first-order valence-corrected chi connectivity index (χ1v) is 18.4. The first-order chi connectivity index (χ1) is 26.7. The molecule has 0 saturated carbocycles. The third-order valence-electron chi connectivity index (χ3n) is 10.8. The monoisotopic (exact) mass is 713 g/mol. The van der Waals surface area contributed by atoms with Crippen molar-refractivity contribution in [1.29, 1.82) is 5.26 Å². The van der Waals surface area contributed by atoms with Crippen LogP contribution in [0.25, 0.3) is 78.1 Å². The summed E-state index contributed by atoms with van der Waals surface area (Å²) in [6, 6.07) is 51.0. The molecule has 2 aromatic heterocycles. The normalized spacial score (nSPS) is 14.6. The van der Waals surface area contributed by atoms with Gasteiger partial charge in [0.25, 0.3) is 0 Å². The van der Waals surface area contributed by atoms with Gasteiger partial charge in [0.15, 0.2) is 17.5 Å². The van der Waals surface area contributed by atoms with E-state index in [2.05, 4.69) is 112 Å². The Balaban J connectivity index is 1.18. The van der Waals surface area contributed by atoms with Crippen LogP contribution in [0.3, 0.4) is 0 Å². The maximum atomic E-state index is 9.36. The van der Waals surface area contributed by atoms with Crippen molar-refractivity contribution < 1.29 is 9.31 Å². The zero-order chi connectivity index (χ0) is 37.7. The number of aromatic nitrogens is 4. The fourth-order valence-corrected chi connectivity index (χ4v) is 7.30. The molecular weight excluding hydrogens is 677 g/mol. The molecule has 264 valence electrons. The summed E-state index contributed by atoms with van der Waals surface area (Å²) < 4.78 is 13.3. The number of fused-ring (bicyclic) bond motifs is 2. The molecule has 6 aromatic carbocycles. The van der Waals surface area contributed by atoms with E-state index in [9.17, 15) is 5.26 Å². The van der Waals surface area contributed by atoms with Crippen LogP contribution >= 0.6 is 0 Å². The smallest absolute Gasteiger partial charge is 0.399 e. The van der Waals surface area contributed by atoms with Gasteiger partial charge >= 0.3 is 7.12 Å². The molecule has 0 amide bonds. The van der Waals surface area contributed by atoms with Crippen molar-refractivity contribution in [2.45, 2.75) is 38.9 Å². The maximum Gasteiger partial charge on any atom is 0.496 e. The van der Waals surface area contributed by atoms with Gasteiger partial charge in [0.05, 0.1) is 16.9 Å². The molecule has 1 saturated heterocycles. The number of nitriles is 1. The molecule has 0 atom stereocenters. The van der Waals surface area contributed by atoms with E-state index in [0.717, 1.165) is 66.1 Å². The van der Waals surface area contributed by atoms with Crippen LogP contribution < -0.4 is 5.46 Å². The summed E-state index contributed by atoms with van der Waals surface area (Å²) in [5, 5.41) is 13.8. The third-order valence-corrected chi connectivity index (χ3v) is 10.8. The van der Waals surface area contributed by atoms with E-state index < -0.39 is 18.3 Å². The minimum absolute atomic E-state index is 0.375. The molecule has 1 aliphatic rings. The fraction of sp³-hybridized carbons (Fsp3) is 0.128. The molecule has 8 aromatic rings. The highest BCUT2D eigenvalue weighted by atomic mass is 16.7. The van der Waals surface area contributed by atoms with Gasteiger partial charge in [-0.05, 0) is 84.0 Å². The van der Waals surface area contributed by atoms with Crippen LogP contribution in [0.2, 0.25) is 0 Å². The number of hydrogen-bond acceptors (Lipinski definition) is 7. The molecule has 0 aliphatic carbocycles. The van der Waals surface area contributed by atoms with E-state index in [1.807, 2.05) is 66.7 Å². The van der Waals surface area contributed by atoms with Crippen molar-refractivity contribution in [3.8, 4) is 62.6 Å². The van der Waals surface area contributed by atoms with Gasteiger partial charge in [-0.15, -0.1) is 0 Å². The van der Waals surface area contributed by atoms with Crippen molar-refractivity contribution in [1.82, 2.24) is 19.9 Å². The Morgan fingerprint density at radius 2 is 0.945 bits per heavy atom. The van der Waals surface area contributed by atoms with Gasteiger partial charge in [-0.1, -0.05) is 127 Å². The van der Waals surface area contributed by atoms with Crippen molar-refractivity contribution >= 4 is 34.1 Å². The highest BCUT2D eigenvalue weighted by Crippen LogP contribution is 2.41. The highest BCUT2D eigenvalue weighted by Gasteiger charge is 2.52. The summed E-state index contributed by atoms with van der Waals surface area (Å²) in [5.74, 6) is 1.71. The lowest BCUT2D eigenvalue weighted by Gasteiger charge is -2.32. The van der Waals surface area contributed by atoms with Crippen molar-refractivity contribution in [3.05, 3.63) is 151 Å². The van der Waals surface area contributed by atoms with Crippen molar-refractivity contribution in [2.24, 2.45) is 0 Å². The lowest BCUT2D eigenvalue weighted by Crippen LogP contribution is -2.41. The quantitative estimate of drug-likeness (QED) is 0.125. The largest absolute Gasteiger partial charge is 0.496 e. The predicted octanol–water partition coefficient (Wildman–Crippen LogP) is 10.1. The summed E-state index contributed by atoms with van der Waals surface area (Å²) in [6.45, 7) is 8.37. The summed E-state index contributed by atoms with van der Waals surface area (Å²) in [5.41, 5.74) is 6.87. The second kappa shape index (κ2) is 13.4. The molecular formula is C47H36BN5O2. The van der Waals surface area contributed by atoms with Gasteiger partial charge in [-0.25, -0.2) is 19.9 Å². The summed E-state index contributed by atoms with van der Waals surface area (Å²) in [7, 11) is -0.520. The summed E-state index contributed by atoms with van der Waals surface area (Å²) in [4.78, 5) is 19.5. The molecule has 0 unspecified atom stereocenters. The second-order valence-electron chi connectivity index (χ2n) is 14.8. The van der Waals surface area contributed by atoms with Gasteiger partial charge in [0.1, 0.15) is 11.8 Å². The zero-order valence-electron chi connectivity index (χ0n) is 31.0. The van der Waals surface area contributed by atoms with Gasteiger partial charge < -0.3 is 9.31 Å². The van der Waals surface area contributed by atoms with E-state index >= 15 is 0 Å². The van der Waals surface area contributed by atoms with Crippen LogP contribution in [0.15, 0.2) is 146 Å². The fourth-order valence-electron chi connectivity index (χ4n) is 7.30. The average molecular weight is 714 g/mol. The molecule has 1 aliphatic heterocycles. The lowest BCUT2D eigenvalue weighted by molar-refractivity contribution is 0.00578. The lowest BCUT2D eigenvalue weighted by atomic mass is 9.71. The van der Waals surface area contributed by atoms with Crippen LogP contribution in [-0.4, -0.2) is 38.3 Å². The Bertz CT molecular complexity index is 2720. The van der Waals surface area contributed by atoms with Gasteiger partial charge in [0.2, 0.25) is 0 Å². The van der Waals surface area contributed by atoms with Crippen LogP contribution in [0.1, 0.15) is 33.4 Å². The number of hydrogen-bond donors (Lipinski definition) is 0. The van der Waals surface area contributed by atoms with E-state index in [1.54, 1.807) is 6.07 Å². The Hall–Kier alpha value is -6.53. The second-order valence-corrected chi connectivity index (χ2v) is 14.8. The summed E-state index contributed by atoms with van der Waals surface area (Å²) in [6.07, 6.45) is 0. The van der Waals surface area contributed by atoms with Crippen LogP contribution in [0, 0.1) is 11.3 Å². The first kappa shape index (κ1) is 34.3.